The monoisotopic (exact) mass is 312 g/mol. The molecule has 0 aromatic carbocycles. The minimum absolute atomic E-state index is 0. The van der Waals surface area contributed by atoms with E-state index in [2.05, 4.69) is 0 Å². The van der Waals surface area contributed by atoms with Crippen molar-refractivity contribution < 1.29 is 33.9 Å². The van der Waals surface area contributed by atoms with Crippen LogP contribution in [0.25, 0.3) is 0 Å². The SMILES string of the molecule is C.COCC(O)(COC)COCC(CO)(COC)COC. The number of ether oxygens (including phenoxy) is 5. The van der Waals surface area contributed by atoms with Crippen molar-refractivity contribution in [2.45, 2.75) is 13.0 Å². The second kappa shape index (κ2) is 12.3. The third-order valence-corrected chi connectivity index (χ3v) is 2.84. The molecular weight excluding hydrogens is 280 g/mol. The van der Waals surface area contributed by atoms with Gasteiger partial charge in [0.2, 0.25) is 0 Å². The molecule has 0 spiro atoms. The van der Waals surface area contributed by atoms with Gasteiger partial charge in [0.15, 0.2) is 0 Å². The van der Waals surface area contributed by atoms with Crippen LogP contribution in [0.15, 0.2) is 0 Å². The van der Waals surface area contributed by atoms with E-state index < -0.39 is 11.0 Å². The van der Waals surface area contributed by atoms with E-state index in [0.717, 1.165) is 0 Å². The first kappa shape index (κ1) is 23.0. The van der Waals surface area contributed by atoms with Crippen LogP contribution in [-0.2, 0) is 23.7 Å². The van der Waals surface area contributed by atoms with Crippen LogP contribution in [0.2, 0.25) is 0 Å². The van der Waals surface area contributed by atoms with Gasteiger partial charge in [0.25, 0.3) is 0 Å². The summed E-state index contributed by atoms with van der Waals surface area (Å²) in [5, 5.41) is 19.8. The summed E-state index contributed by atoms with van der Waals surface area (Å²) in [6, 6.07) is 0. The molecule has 0 heterocycles. The molecule has 7 nitrogen and oxygen atoms in total. The number of methoxy groups -OCH3 is 4. The van der Waals surface area contributed by atoms with E-state index in [4.69, 9.17) is 23.7 Å². The molecule has 0 aliphatic carbocycles. The summed E-state index contributed by atoms with van der Waals surface area (Å²) in [5.74, 6) is 0. The molecule has 0 aliphatic rings. The fourth-order valence-electron chi connectivity index (χ4n) is 1.99. The first-order valence-corrected chi connectivity index (χ1v) is 6.38. The molecule has 0 aromatic rings. The molecule has 0 rings (SSSR count). The molecule has 0 saturated heterocycles. The molecule has 0 radical (unpaired) electrons. The van der Waals surface area contributed by atoms with Gasteiger partial charge in [-0.1, -0.05) is 7.43 Å². The Balaban J connectivity index is 0. The molecule has 0 aromatic heterocycles. The van der Waals surface area contributed by atoms with E-state index in [1.807, 2.05) is 0 Å². The van der Waals surface area contributed by atoms with Gasteiger partial charge in [-0.3, -0.25) is 0 Å². The molecule has 0 bridgehead atoms. The van der Waals surface area contributed by atoms with Gasteiger partial charge in [-0.05, 0) is 0 Å². The molecule has 7 heteroatoms. The second-order valence-electron chi connectivity index (χ2n) is 5.11. The summed E-state index contributed by atoms with van der Waals surface area (Å²) in [6.07, 6.45) is 0. The minimum atomic E-state index is -1.22. The average molecular weight is 312 g/mol. The molecule has 0 saturated carbocycles. The highest BCUT2D eigenvalue weighted by molar-refractivity contribution is 4.81. The van der Waals surface area contributed by atoms with Gasteiger partial charge in [0, 0.05) is 28.4 Å². The third-order valence-electron chi connectivity index (χ3n) is 2.84. The highest BCUT2D eigenvalue weighted by Gasteiger charge is 2.33. The van der Waals surface area contributed by atoms with E-state index in [9.17, 15) is 10.2 Å². The Bertz CT molecular complexity index is 223. The van der Waals surface area contributed by atoms with Crippen LogP contribution in [0, 0.1) is 5.41 Å². The quantitative estimate of drug-likeness (QED) is 0.492. The molecule has 0 atom stereocenters. The summed E-state index contributed by atoms with van der Waals surface area (Å²) in [7, 11) is 6.08. The van der Waals surface area contributed by atoms with Gasteiger partial charge in [0.1, 0.15) is 5.60 Å². The van der Waals surface area contributed by atoms with E-state index in [1.54, 1.807) is 14.2 Å². The van der Waals surface area contributed by atoms with Crippen molar-refractivity contribution in [3.05, 3.63) is 0 Å². The van der Waals surface area contributed by atoms with Crippen molar-refractivity contribution in [3.63, 3.8) is 0 Å². The van der Waals surface area contributed by atoms with Crippen molar-refractivity contribution in [2.75, 3.05) is 74.7 Å². The van der Waals surface area contributed by atoms with Crippen molar-refractivity contribution in [3.8, 4) is 0 Å². The number of rotatable bonds is 13. The van der Waals surface area contributed by atoms with Crippen LogP contribution in [0.5, 0.6) is 0 Å². The van der Waals surface area contributed by atoms with E-state index in [-0.39, 0.29) is 40.5 Å². The third kappa shape index (κ3) is 8.67. The molecule has 0 unspecified atom stereocenters. The van der Waals surface area contributed by atoms with Gasteiger partial charge >= 0.3 is 0 Å². The predicted molar refractivity (Wildman–Crippen MR) is 79.5 cm³/mol. The Hall–Kier alpha value is -0.280. The van der Waals surface area contributed by atoms with Gasteiger partial charge in [-0.2, -0.15) is 0 Å². The maximum absolute atomic E-state index is 10.2. The summed E-state index contributed by atoms with van der Waals surface area (Å²) in [4.78, 5) is 0. The van der Waals surface area contributed by atoms with Gasteiger partial charge in [-0.25, -0.2) is 0 Å². The Kier molecular flexibility index (Phi) is 13.4. The lowest BCUT2D eigenvalue weighted by Crippen LogP contribution is -2.46. The standard InChI is InChI=1S/C13H28O7.CH4/c1-16-6-12(5-14,7-17-2)8-20-11-13(15,9-18-3)10-19-4;/h14-15H,5-11H2,1-4H3;1H4. The summed E-state index contributed by atoms with van der Waals surface area (Å²) in [5.41, 5.74) is -1.87. The van der Waals surface area contributed by atoms with Gasteiger partial charge in [0.05, 0.1) is 51.7 Å². The predicted octanol–water partition coefficient (Wildman–Crippen LogP) is -0.0655. The molecule has 0 fully saturated rings. The smallest absolute Gasteiger partial charge is 0.134 e. The summed E-state index contributed by atoms with van der Waals surface area (Å²) in [6.45, 7) is 0.879. The second-order valence-corrected chi connectivity index (χ2v) is 5.11. The zero-order valence-electron chi connectivity index (χ0n) is 12.9. The lowest BCUT2D eigenvalue weighted by Gasteiger charge is -2.32. The maximum atomic E-state index is 10.2. The Morgan fingerprint density at radius 2 is 1.14 bits per heavy atom. The van der Waals surface area contributed by atoms with Crippen molar-refractivity contribution >= 4 is 0 Å². The number of hydrogen-bond acceptors (Lipinski definition) is 7. The van der Waals surface area contributed by atoms with Crippen molar-refractivity contribution in [1.82, 2.24) is 0 Å². The lowest BCUT2D eigenvalue weighted by molar-refractivity contribution is -0.143. The summed E-state index contributed by atoms with van der Waals surface area (Å²) >= 11 is 0. The molecule has 21 heavy (non-hydrogen) atoms. The molecule has 0 aliphatic heterocycles. The molecule has 130 valence electrons. The molecular formula is C14H32O7. The Labute approximate surface area is 128 Å². The Morgan fingerprint density at radius 3 is 1.48 bits per heavy atom. The van der Waals surface area contributed by atoms with Gasteiger partial charge < -0.3 is 33.9 Å². The number of aliphatic hydroxyl groups excluding tert-OH is 1. The van der Waals surface area contributed by atoms with E-state index in [1.165, 1.54) is 14.2 Å². The molecule has 0 amide bonds. The zero-order valence-corrected chi connectivity index (χ0v) is 12.9. The van der Waals surface area contributed by atoms with E-state index in [0.29, 0.717) is 13.2 Å². The van der Waals surface area contributed by atoms with Crippen LogP contribution >= 0.6 is 0 Å². The normalized spacial score (nSPS) is 12.3. The Morgan fingerprint density at radius 1 is 0.714 bits per heavy atom. The van der Waals surface area contributed by atoms with Crippen LogP contribution in [0.4, 0.5) is 0 Å². The average Bonchev–Trinajstić information content (AvgIpc) is 2.39. The zero-order chi connectivity index (χ0) is 15.5. The van der Waals surface area contributed by atoms with Crippen LogP contribution in [0.1, 0.15) is 7.43 Å². The maximum Gasteiger partial charge on any atom is 0.134 e. The van der Waals surface area contributed by atoms with Crippen LogP contribution in [0.3, 0.4) is 0 Å². The topological polar surface area (TPSA) is 86.6 Å². The van der Waals surface area contributed by atoms with Crippen LogP contribution < -0.4 is 0 Å². The van der Waals surface area contributed by atoms with Crippen molar-refractivity contribution in [2.24, 2.45) is 5.41 Å². The minimum Gasteiger partial charge on any atom is -0.396 e. The highest BCUT2D eigenvalue weighted by Crippen LogP contribution is 2.19. The van der Waals surface area contributed by atoms with Crippen LogP contribution in [-0.4, -0.2) is 90.5 Å². The largest absolute Gasteiger partial charge is 0.396 e. The van der Waals surface area contributed by atoms with Gasteiger partial charge in [-0.15, -0.1) is 0 Å². The lowest BCUT2D eigenvalue weighted by atomic mass is 9.92. The molecule has 2 N–H and O–H groups in total. The van der Waals surface area contributed by atoms with Crippen molar-refractivity contribution in [1.29, 1.82) is 0 Å². The highest BCUT2D eigenvalue weighted by atomic mass is 16.5. The number of aliphatic hydroxyl groups is 2. The first-order valence-electron chi connectivity index (χ1n) is 6.38. The fraction of sp³-hybridized carbons (Fsp3) is 1.00. The number of hydrogen-bond donors (Lipinski definition) is 2. The van der Waals surface area contributed by atoms with E-state index >= 15 is 0 Å². The summed E-state index contributed by atoms with van der Waals surface area (Å²) < 4.78 is 25.6. The first-order chi connectivity index (χ1) is 9.51. The fourth-order valence-corrected chi connectivity index (χ4v) is 1.99.